The van der Waals surface area contributed by atoms with Crippen LogP contribution in [0.4, 0.5) is 5.95 Å². The predicted molar refractivity (Wildman–Crippen MR) is 125 cm³/mol. The maximum atomic E-state index is 13.6. The molecule has 0 saturated carbocycles. The third kappa shape index (κ3) is 4.54. The lowest BCUT2D eigenvalue weighted by molar-refractivity contribution is -0.137. The van der Waals surface area contributed by atoms with Crippen LogP contribution in [-0.2, 0) is 30.8 Å². The highest BCUT2D eigenvalue weighted by atomic mass is 16.4. The first kappa shape index (κ1) is 22.4. The van der Waals surface area contributed by atoms with Crippen LogP contribution in [-0.4, -0.2) is 55.9 Å². The van der Waals surface area contributed by atoms with E-state index in [4.69, 9.17) is 0 Å². The van der Waals surface area contributed by atoms with E-state index in [0.717, 1.165) is 27.8 Å². The number of carboxylic acids is 1. The summed E-state index contributed by atoms with van der Waals surface area (Å²) in [6, 6.07) is 9.52. The molecule has 0 amide bonds. The Bertz CT molecular complexity index is 1340. The fourth-order valence-electron chi connectivity index (χ4n) is 4.05. The fraction of sp³-hybridized carbons (Fsp3) is 0.391. The minimum atomic E-state index is -1.18. The highest BCUT2D eigenvalue weighted by Crippen LogP contribution is 2.20. The lowest BCUT2D eigenvalue weighted by atomic mass is 10.1. The van der Waals surface area contributed by atoms with Gasteiger partial charge in [-0.1, -0.05) is 36.3 Å². The van der Waals surface area contributed by atoms with Gasteiger partial charge < -0.3 is 15.3 Å². The Morgan fingerprint density at radius 3 is 2.52 bits per heavy atom. The number of aromatic nitrogens is 4. The number of nitrogens with one attached hydrogen (secondary N) is 1. The molecule has 0 aliphatic carbocycles. The molecule has 3 aromatic rings. The Balaban J connectivity index is 1.92. The summed E-state index contributed by atoms with van der Waals surface area (Å²) in [5.74, 6) is 5.16. The van der Waals surface area contributed by atoms with Crippen molar-refractivity contribution in [2.24, 2.45) is 0 Å². The summed E-state index contributed by atoms with van der Waals surface area (Å²) in [7, 11) is 0. The van der Waals surface area contributed by atoms with Gasteiger partial charge in [0, 0.05) is 32.7 Å². The van der Waals surface area contributed by atoms with E-state index in [1.807, 2.05) is 35.2 Å². The minimum absolute atomic E-state index is 0.0785. The molecule has 33 heavy (non-hydrogen) atoms. The third-order valence-electron chi connectivity index (χ3n) is 5.67. The molecule has 4 rings (SSSR count). The summed E-state index contributed by atoms with van der Waals surface area (Å²) >= 11 is 0. The molecule has 0 spiro atoms. The molecule has 0 atom stereocenters. The zero-order valence-corrected chi connectivity index (χ0v) is 18.5. The van der Waals surface area contributed by atoms with Gasteiger partial charge in [0.2, 0.25) is 5.95 Å². The van der Waals surface area contributed by atoms with Crippen LogP contribution in [0.2, 0.25) is 0 Å². The maximum Gasteiger partial charge on any atom is 0.333 e. The molecule has 0 unspecified atom stereocenters. The number of carboxylic acid groups (broad SMARTS) is 1. The summed E-state index contributed by atoms with van der Waals surface area (Å²) in [6.45, 7) is 4.33. The van der Waals surface area contributed by atoms with Gasteiger partial charge in [-0.3, -0.25) is 23.3 Å². The molecule has 10 heteroatoms. The first-order valence-electron chi connectivity index (χ1n) is 10.9. The summed E-state index contributed by atoms with van der Waals surface area (Å²) in [4.78, 5) is 45.0. The number of benzene rings is 1. The van der Waals surface area contributed by atoms with E-state index in [1.165, 1.54) is 0 Å². The molecular weight excluding hydrogens is 424 g/mol. The third-order valence-corrected chi connectivity index (χ3v) is 5.67. The number of piperazine rings is 1. The molecular formula is C23H26N6O4. The van der Waals surface area contributed by atoms with Crippen molar-refractivity contribution in [1.82, 2.24) is 24.0 Å². The second kappa shape index (κ2) is 9.75. The van der Waals surface area contributed by atoms with Crippen LogP contribution in [0.25, 0.3) is 11.2 Å². The van der Waals surface area contributed by atoms with Crippen molar-refractivity contribution in [2.45, 2.75) is 33.0 Å². The summed E-state index contributed by atoms with van der Waals surface area (Å²) in [5.41, 5.74) is 0.0822. The first-order chi connectivity index (χ1) is 16.0. The molecule has 1 saturated heterocycles. The Morgan fingerprint density at radius 1 is 1.12 bits per heavy atom. The van der Waals surface area contributed by atoms with Crippen molar-refractivity contribution in [3.63, 3.8) is 0 Å². The minimum Gasteiger partial charge on any atom is -0.480 e. The largest absolute Gasteiger partial charge is 0.480 e. The molecule has 1 fully saturated rings. The van der Waals surface area contributed by atoms with Gasteiger partial charge in [0.25, 0.3) is 5.56 Å². The lowest BCUT2D eigenvalue weighted by Gasteiger charge is -2.28. The van der Waals surface area contributed by atoms with E-state index < -0.39 is 23.8 Å². The number of imidazole rings is 1. The van der Waals surface area contributed by atoms with E-state index in [0.29, 0.717) is 25.5 Å². The van der Waals surface area contributed by atoms with Crippen LogP contribution in [0.5, 0.6) is 0 Å². The average Bonchev–Trinajstić information content (AvgIpc) is 3.21. The van der Waals surface area contributed by atoms with Crippen molar-refractivity contribution in [3.05, 3.63) is 56.7 Å². The van der Waals surface area contributed by atoms with Crippen LogP contribution in [0.3, 0.4) is 0 Å². The van der Waals surface area contributed by atoms with Crippen LogP contribution in [0, 0.1) is 11.8 Å². The van der Waals surface area contributed by atoms with Crippen molar-refractivity contribution in [2.75, 3.05) is 31.1 Å². The predicted octanol–water partition coefficient (Wildman–Crippen LogP) is 0.120. The summed E-state index contributed by atoms with van der Waals surface area (Å²) in [6.07, 6.45) is 0.460. The quantitative estimate of drug-likeness (QED) is 0.492. The molecule has 3 heterocycles. The Morgan fingerprint density at radius 2 is 1.85 bits per heavy atom. The summed E-state index contributed by atoms with van der Waals surface area (Å²) < 4.78 is 3.89. The molecule has 2 aromatic heterocycles. The number of nitrogens with zero attached hydrogens (tertiary/aromatic N) is 5. The molecule has 0 radical (unpaired) electrons. The maximum absolute atomic E-state index is 13.6. The smallest absolute Gasteiger partial charge is 0.333 e. The SMILES string of the molecule is CC#CCn1c(N2CCNCC2)nc2c1c(=O)n(CCc1ccccc1)c(=O)n2CC(=O)O. The van der Waals surface area contributed by atoms with Crippen LogP contribution in [0.15, 0.2) is 39.9 Å². The lowest BCUT2D eigenvalue weighted by Crippen LogP contribution is -2.44. The highest BCUT2D eigenvalue weighted by molar-refractivity contribution is 5.77. The molecule has 10 nitrogen and oxygen atoms in total. The van der Waals surface area contributed by atoms with Gasteiger partial charge in [-0.2, -0.15) is 4.98 Å². The van der Waals surface area contributed by atoms with E-state index >= 15 is 0 Å². The number of hydrogen-bond acceptors (Lipinski definition) is 6. The Hall–Kier alpha value is -3.84. The van der Waals surface area contributed by atoms with Gasteiger partial charge >= 0.3 is 11.7 Å². The second-order valence-corrected chi connectivity index (χ2v) is 7.79. The second-order valence-electron chi connectivity index (χ2n) is 7.79. The zero-order valence-electron chi connectivity index (χ0n) is 18.5. The molecule has 0 bridgehead atoms. The zero-order chi connectivity index (χ0) is 23.4. The molecule has 1 aliphatic rings. The molecule has 1 aromatic carbocycles. The number of fused-ring (bicyclic) bond motifs is 1. The summed E-state index contributed by atoms with van der Waals surface area (Å²) in [5, 5.41) is 12.7. The van der Waals surface area contributed by atoms with E-state index in [9.17, 15) is 19.5 Å². The highest BCUT2D eigenvalue weighted by Gasteiger charge is 2.25. The standard InChI is InChI=1S/C23H26N6O4/c1-2-3-12-27-19-20(25-22(27)26-14-10-24-11-15-26)29(16-18(30)31)23(33)28(21(19)32)13-9-17-7-5-4-6-8-17/h4-8,24H,9-16H2,1H3,(H,30,31). The number of rotatable bonds is 7. The van der Waals surface area contributed by atoms with Crippen molar-refractivity contribution in [1.29, 1.82) is 0 Å². The average molecular weight is 450 g/mol. The first-order valence-corrected chi connectivity index (χ1v) is 10.9. The van der Waals surface area contributed by atoms with Gasteiger partial charge in [0.05, 0.1) is 6.54 Å². The van der Waals surface area contributed by atoms with Gasteiger partial charge in [0.15, 0.2) is 11.2 Å². The van der Waals surface area contributed by atoms with E-state index in [-0.39, 0.29) is 24.3 Å². The number of carbonyl (C=O) groups is 1. The van der Waals surface area contributed by atoms with E-state index in [2.05, 4.69) is 22.1 Å². The van der Waals surface area contributed by atoms with Crippen LogP contribution in [0.1, 0.15) is 12.5 Å². The fourth-order valence-corrected chi connectivity index (χ4v) is 4.05. The van der Waals surface area contributed by atoms with Crippen molar-refractivity contribution >= 4 is 23.1 Å². The monoisotopic (exact) mass is 450 g/mol. The van der Waals surface area contributed by atoms with Crippen LogP contribution < -0.4 is 21.5 Å². The molecule has 172 valence electrons. The van der Waals surface area contributed by atoms with Gasteiger partial charge in [-0.15, -0.1) is 5.92 Å². The molecule has 1 aliphatic heterocycles. The topological polar surface area (TPSA) is 114 Å². The van der Waals surface area contributed by atoms with Crippen molar-refractivity contribution < 1.29 is 9.90 Å². The Kier molecular flexibility index (Phi) is 6.60. The van der Waals surface area contributed by atoms with E-state index in [1.54, 1.807) is 11.5 Å². The Labute approximate surface area is 190 Å². The molecule has 2 N–H and O–H groups in total. The van der Waals surface area contributed by atoms with Crippen molar-refractivity contribution in [3.8, 4) is 11.8 Å². The number of aryl methyl sites for hydroxylation is 1. The van der Waals surface area contributed by atoms with Gasteiger partial charge in [-0.05, 0) is 18.9 Å². The number of aliphatic carboxylic acids is 1. The normalized spacial score (nSPS) is 13.7. The number of hydrogen-bond donors (Lipinski definition) is 2. The van der Waals surface area contributed by atoms with Gasteiger partial charge in [0.1, 0.15) is 6.54 Å². The van der Waals surface area contributed by atoms with Gasteiger partial charge in [-0.25, -0.2) is 4.79 Å². The number of anilines is 1. The van der Waals surface area contributed by atoms with Crippen LogP contribution >= 0.6 is 0 Å².